The Bertz CT molecular complexity index is 293. The van der Waals surface area contributed by atoms with Crippen LogP contribution in [0.5, 0.6) is 0 Å². The first-order valence-corrected chi connectivity index (χ1v) is 7.66. The van der Waals surface area contributed by atoms with Gasteiger partial charge in [-0.3, -0.25) is 0 Å². The highest BCUT2D eigenvalue weighted by molar-refractivity contribution is 7.86. The van der Waals surface area contributed by atoms with Gasteiger partial charge in [0.15, 0.2) is 0 Å². The fourth-order valence-corrected chi connectivity index (χ4v) is 3.97. The average Bonchev–Trinajstić information content (AvgIpc) is 2.30. The van der Waals surface area contributed by atoms with Crippen LogP contribution in [0.3, 0.4) is 0 Å². The van der Waals surface area contributed by atoms with Crippen LogP contribution in [0.4, 0.5) is 0 Å². The summed E-state index contributed by atoms with van der Waals surface area (Å²) in [7, 11) is -1.51. The van der Waals surface area contributed by atoms with Gasteiger partial charge in [0, 0.05) is 26.2 Å². The lowest BCUT2D eigenvalue weighted by atomic mass is 9.96. The van der Waals surface area contributed by atoms with Gasteiger partial charge in [-0.25, -0.2) is 0 Å². The van der Waals surface area contributed by atoms with Crippen LogP contribution in [-0.4, -0.2) is 43.2 Å². The zero-order valence-corrected chi connectivity index (χ0v) is 11.5. The van der Waals surface area contributed by atoms with Crippen LogP contribution >= 0.6 is 0 Å². The first kappa shape index (κ1) is 13.9. The molecule has 0 aromatic rings. The molecule has 0 bridgehead atoms. The van der Waals surface area contributed by atoms with Gasteiger partial charge in [-0.2, -0.15) is 17.0 Å². The van der Waals surface area contributed by atoms with Gasteiger partial charge in [0.1, 0.15) is 0 Å². The number of hydrogen-bond donors (Lipinski definition) is 0. The van der Waals surface area contributed by atoms with E-state index in [1.807, 2.05) is 13.8 Å². The first-order valence-electron chi connectivity index (χ1n) is 6.27. The molecule has 1 aliphatic carbocycles. The van der Waals surface area contributed by atoms with Crippen LogP contribution in [0, 0.1) is 0 Å². The van der Waals surface area contributed by atoms with E-state index in [0.29, 0.717) is 13.1 Å². The summed E-state index contributed by atoms with van der Waals surface area (Å²) in [5.41, 5.74) is 0. The molecule has 4 nitrogen and oxygen atoms in total. The Balaban J connectivity index is 2.73. The lowest BCUT2D eigenvalue weighted by Crippen LogP contribution is -2.46. The van der Waals surface area contributed by atoms with Gasteiger partial charge >= 0.3 is 0 Å². The normalized spacial score (nSPS) is 19.6. The molecule has 96 valence electrons. The van der Waals surface area contributed by atoms with Crippen LogP contribution in [0.15, 0.2) is 0 Å². The summed E-state index contributed by atoms with van der Waals surface area (Å²) in [4.78, 5) is 0. The highest BCUT2D eigenvalue weighted by atomic mass is 32.2. The van der Waals surface area contributed by atoms with E-state index < -0.39 is 10.2 Å². The fraction of sp³-hybridized carbons (Fsp3) is 1.00. The Hall–Kier alpha value is -0.130. The second kappa shape index (κ2) is 5.98. The van der Waals surface area contributed by atoms with Crippen molar-refractivity contribution in [3.05, 3.63) is 0 Å². The largest absolute Gasteiger partial charge is 0.281 e. The zero-order chi connectivity index (χ0) is 12.2. The minimum absolute atomic E-state index is 0.208. The molecule has 0 spiro atoms. The summed E-state index contributed by atoms with van der Waals surface area (Å²) >= 11 is 0. The molecule has 0 radical (unpaired) electrons. The van der Waals surface area contributed by atoms with Crippen molar-refractivity contribution in [2.24, 2.45) is 0 Å². The SMILES string of the molecule is CCN(CC)S(=O)(=O)N(C)C1CCCCC1. The van der Waals surface area contributed by atoms with Crippen LogP contribution in [0.2, 0.25) is 0 Å². The van der Waals surface area contributed by atoms with Crippen molar-refractivity contribution in [2.45, 2.75) is 52.0 Å². The van der Waals surface area contributed by atoms with E-state index in [0.717, 1.165) is 25.7 Å². The lowest BCUT2D eigenvalue weighted by Gasteiger charge is -2.33. The minimum atomic E-state index is -3.23. The van der Waals surface area contributed by atoms with E-state index in [9.17, 15) is 8.42 Å². The summed E-state index contributed by atoms with van der Waals surface area (Å²) in [5, 5.41) is 0. The quantitative estimate of drug-likeness (QED) is 0.745. The monoisotopic (exact) mass is 248 g/mol. The van der Waals surface area contributed by atoms with Crippen LogP contribution in [0.1, 0.15) is 46.0 Å². The Labute approximate surface area is 99.8 Å². The second-order valence-corrected chi connectivity index (χ2v) is 6.39. The van der Waals surface area contributed by atoms with E-state index in [4.69, 9.17) is 0 Å². The number of hydrogen-bond acceptors (Lipinski definition) is 2. The molecule has 0 atom stereocenters. The predicted molar refractivity (Wildman–Crippen MR) is 66.5 cm³/mol. The second-order valence-electron chi connectivity index (χ2n) is 4.40. The average molecular weight is 248 g/mol. The topological polar surface area (TPSA) is 40.6 Å². The summed E-state index contributed by atoms with van der Waals surface area (Å²) < 4.78 is 27.6. The van der Waals surface area contributed by atoms with Crippen molar-refractivity contribution >= 4 is 10.2 Å². The molecule has 5 heteroatoms. The smallest absolute Gasteiger partial charge is 0.195 e. The summed E-state index contributed by atoms with van der Waals surface area (Å²) in [6, 6.07) is 0.208. The van der Waals surface area contributed by atoms with Crippen molar-refractivity contribution < 1.29 is 8.42 Å². The van der Waals surface area contributed by atoms with Gasteiger partial charge < -0.3 is 0 Å². The molecule has 0 N–H and O–H groups in total. The molecule has 16 heavy (non-hydrogen) atoms. The van der Waals surface area contributed by atoms with Crippen molar-refractivity contribution in [1.82, 2.24) is 8.61 Å². The van der Waals surface area contributed by atoms with Crippen molar-refractivity contribution in [2.75, 3.05) is 20.1 Å². The molecule has 0 aromatic carbocycles. The molecule has 1 rings (SSSR count). The number of rotatable bonds is 5. The van der Waals surface area contributed by atoms with E-state index in [1.165, 1.54) is 10.7 Å². The van der Waals surface area contributed by atoms with E-state index >= 15 is 0 Å². The summed E-state index contributed by atoms with van der Waals surface area (Å²) in [6.07, 6.45) is 5.58. The molecule has 0 heterocycles. The maximum Gasteiger partial charge on any atom is 0.281 e. The molecular formula is C11H24N2O2S. The fourth-order valence-electron chi connectivity index (χ4n) is 2.37. The Morgan fingerprint density at radius 3 is 2.00 bits per heavy atom. The Morgan fingerprint density at radius 1 is 1.06 bits per heavy atom. The molecule has 1 aliphatic rings. The van der Waals surface area contributed by atoms with E-state index in [2.05, 4.69) is 0 Å². The Morgan fingerprint density at radius 2 is 1.56 bits per heavy atom. The maximum atomic E-state index is 12.2. The van der Waals surface area contributed by atoms with Gasteiger partial charge in [-0.1, -0.05) is 33.1 Å². The molecule has 0 amide bonds. The van der Waals surface area contributed by atoms with Gasteiger partial charge in [0.2, 0.25) is 0 Å². The first-order chi connectivity index (χ1) is 7.54. The molecular weight excluding hydrogens is 224 g/mol. The van der Waals surface area contributed by atoms with Crippen LogP contribution in [0.25, 0.3) is 0 Å². The van der Waals surface area contributed by atoms with Crippen LogP contribution < -0.4 is 0 Å². The molecule has 1 fully saturated rings. The molecule has 0 aliphatic heterocycles. The van der Waals surface area contributed by atoms with Crippen molar-refractivity contribution in [3.8, 4) is 0 Å². The molecule has 1 saturated carbocycles. The van der Waals surface area contributed by atoms with Gasteiger partial charge in [-0.15, -0.1) is 0 Å². The summed E-state index contributed by atoms with van der Waals surface area (Å²) in [6.45, 7) is 4.87. The maximum absolute atomic E-state index is 12.2. The van der Waals surface area contributed by atoms with Crippen molar-refractivity contribution in [3.63, 3.8) is 0 Å². The van der Waals surface area contributed by atoms with E-state index in [1.54, 1.807) is 11.4 Å². The van der Waals surface area contributed by atoms with Crippen molar-refractivity contribution in [1.29, 1.82) is 0 Å². The van der Waals surface area contributed by atoms with Gasteiger partial charge in [-0.05, 0) is 12.8 Å². The number of nitrogens with zero attached hydrogens (tertiary/aromatic N) is 2. The third kappa shape index (κ3) is 2.96. The molecule has 0 unspecified atom stereocenters. The third-order valence-electron chi connectivity index (χ3n) is 3.48. The predicted octanol–water partition coefficient (Wildman–Crippen LogP) is 1.84. The third-order valence-corrected chi connectivity index (χ3v) is 5.68. The molecule has 0 aromatic heterocycles. The molecule has 0 saturated heterocycles. The van der Waals surface area contributed by atoms with Gasteiger partial charge in [0.25, 0.3) is 10.2 Å². The van der Waals surface area contributed by atoms with Gasteiger partial charge in [0.05, 0.1) is 0 Å². The van der Waals surface area contributed by atoms with Crippen LogP contribution in [-0.2, 0) is 10.2 Å². The highest BCUT2D eigenvalue weighted by Gasteiger charge is 2.30. The highest BCUT2D eigenvalue weighted by Crippen LogP contribution is 2.24. The zero-order valence-electron chi connectivity index (χ0n) is 10.6. The minimum Gasteiger partial charge on any atom is -0.195 e. The summed E-state index contributed by atoms with van der Waals surface area (Å²) in [5.74, 6) is 0. The lowest BCUT2D eigenvalue weighted by molar-refractivity contribution is 0.266. The Kier molecular flexibility index (Phi) is 5.21. The standard InChI is InChI=1S/C11H24N2O2S/c1-4-13(5-2)16(14,15)12(3)11-9-7-6-8-10-11/h11H,4-10H2,1-3H3. The van der Waals surface area contributed by atoms with E-state index in [-0.39, 0.29) is 6.04 Å².